The summed E-state index contributed by atoms with van der Waals surface area (Å²) in [5.74, 6) is 0. The number of rotatable bonds is 10. The third-order valence-corrected chi connectivity index (χ3v) is 13.9. The SMILES string of the molecule is c1ccc(-c2ccc(-c3ccc(N(c4ccccc4)c4cc(-c5cc6ccccc6c6ccccc56)cc(N(c5ccccc5)c5ccc6c7ccccc7n(-c7ccccc7)c6c5)c4)cc3)cc2)cc1. The van der Waals surface area contributed by atoms with Gasteiger partial charge >= 0.3 is 0 Å². The van der Waals surface area contributed by atoms with Gasteiger partial charge in [-0.15, -0.1) is 0 Å². The highest BCUT2D eigenvalue weighted by molar-refractivity contribution is 6.14. The van der Waals surface area contributed by atoms with Crippen LogP contribution in [0.4, 0.5) is 34.1 Å². The molecule has 0 N–H and O–H groups in total. The van der Waals surface area contributed by atoms with E-state index in [1.54, 1.807) is 0 Å². The minimum Gasteiger partial charge on any atom is -0.310 e. The lowest BCUT2D eigenvalue weighted by atomic mass is 9.92. The molecule has 0 atom stereocenters. The van der Waals surface area contributed by atoms with E-state index in [9.17, 15) is 0 Å². The molecule has 0 saturated heterocycles. The summed E-state index contributed by atoms with van der Waals surface area (Å²) in [5.41, 5.74) is 16.9. The normalized spacial score (nSPS) is 11.4. The lowest BCUT2D eigenvalue weighted by Gasteiger charge is -2.30. The zero-order valence-electron chi connectivity index (χ0n) is 39.0. The number of para-hydroxylation sites is 4. The van der Waals surface area contributed by atoms with Crippen molar-refractivity contribution in [2.24, 2.45) is 0 Å². The molecule has 0 saturated carbocycles. The lowest BCUT2D eigenvalue weighted by Crippen LogP contribution is -2.13. The Morgan fingerprint density at radius 2 is 0.662 bits per heavy atom. The molecule has 71 heavy (non-hydrogen) atoms. The number of hydrogen-bond donors (Lipinski definition) is 0. The van der Waals surface area contributed by atoms with Gasteiger partial charge in [0.2, 0.25) is 0 Å². The van der Waals surface area contributed by atoms with Crippen LogP contribution in [0.2, 0.25) is 0 Å². The molecular formula is C68H47N3. The molecule has 334 valence electrons. The zero-order valence-corrected chi connectivity index (χ0v) is 39.0. The van der Waals surface area contributed by atoms with Crippen molar-refractivity contribution >= 4 is 77.5 Å². The number of benzene rings is 12. The minimum absolute atomic E-state index is 1.04. The maximum Gasteiger partial charge on any atom is 0.0561 e. The summed E-state index contributed by atoms with van der Waals surface area (Å²) in [5, 5.41) is 7.34. The Morgan fingerprint density at radius 1 is 0.225 bits per heavy atom. The van der Waals surface area contributed by atoms with Crippen LogP contribution in [0.5, 0.6) is 0 Å². The number of hydrogen-bond acceptors (Lipinski definition) is 2. The van der Waals surface area contributed by atoms with Crippen LogP contribution in [0.25, 0.3) is 82.4 Å². The van der Waals surface area contributed by atoms with Gasteiger partial charge in [-0.2, -0.15) is 0 Å². The van der Waals surface area contributed by atoms with E-state index < -0.39 is 0 Å². The first-order chi connectivity index (χ1) is 35.2. The molecule has 0 spiro atoms. The van der Waals surface area contributed by atoms with Crippen molar-refractivity contribution in [1.82, 2.24) is 4.57 Å². The van der Waals surface area contributed by atoms with Crippen LogP contribution < -0.4 is 9.80 Å². The molecule has 0 radical (unpaired) electrons. The summed E-state index contributed by atoms with van der Waals surface area (Å²) >= 11 is 0. The second kappa shape index (κ2) is 17.9. The molecule has 0 unspecified atom stereocenters. The molecule has 12 aromatic carbocycles. The van der Waals surface area contributed by atoms with Crippen LogP contribution in [0.1, 0.15) is 0 Å². The molecule has 0 amide bonds. The van der Waals surface area contributed by atoms with E-state index in [2.05, 4.69) is 299 Å². The highest BCUT2D eigenvalue weighted by Gasteiger charge is 2.22. The molecule has 3 nitrogen and oxygen atoms in total. The van der Waals surface area contributed by atoms with Crippen molar-refractivity contribution in [3.8, 4) is 39.1 Å². The largest absolute Gasteiger partial charge is 0.310 e. The maximum atomic E-state index is 2.42. The van der Waals surface area contributed by atoms with Gasteiger partial charge in [0.1, 0.15) is 0 Å². The van der Waals surface area contributed by atoms with Crippen LogP contribution >= 0.6 is 0 Å². The summed E-state index contributed by atoms with van der Waals surface area (Å²) < 4.78 is 2.40. The number of anilines is 6. The average molecular weight is 906 g/mol. The van der Waals surface area contributed by atoms with Gasteiger partial charge in [0.15, 0.2) is 0 Å². The van der Waals surface area contributed by atoms with Crippen LogP contribution in [0, 0.1) is 0 Å². The fourth-order valence-corrected chi connectivity index (χ4v) is 10.6. The highest BCUT2D eigenvalue weighted by Crippen LogP contribution is 2.46. The second-order valence-electron chi connectivity index (χ2n) is 18.2. The van der Waals surface area contributed by atoms with Crippen molar-refractivity contribution in [2.45, 2.75) is 0 Å². The van der Waals surface area contributed by atoms with Crippen LogP contribution in [0.15, 0.2) is 285 Å². The van der Waals surface area contributed by atoms with Crippen molar-refractivity contribution in [3.63, 3.8) is 0 Å². The predicted molar refractivity (Wildman–Crippen MR) is 301 cm³/mol. The highest BCUT2D eigenvalue weighted by atomic mass is 15.2. The van der Waals surface area contributed by atoms with E-state index in [-0.39, 0.29) is 0 Å². The molecule has 3 heteroatoms. The van der Waals surface area contributed by atoms with Gasteiger partial charge < -0.3 is 14.4 Å². The van der Waals surface area contributed by atoms with Crippen LogP contribution in [-0.2, 0) is 0 Å². The van der Waals surface area contributed by atoms with E-state index in [0.29, 0.717) is 0 Å². The molecule has 0 bridgehead atoms. The Morgan fingerprint density at radius 3 is 1.30 bits per heavy atom. The molecule has 0 aliphatic heterocycles. The Kier molecular flexibility index (Phi) is 10.5. The van der Waals surface area contributed by atoms with Crippen molar-refractivity contribution in [1.29, 1.82) is 0 Å². The molecule has 13 aromatic rings. The van der Waals surface area contributed by atoms with E-state index >= 15 is 0 Å². The van der Waals surface area contributed by atoms with Gasteiger partial charge in [-0.05, 0) is 146 Å². The Labute approximate surface area is 414 Å². The van der Waals surface area contributed by atoms with Gasteiger partial charge in [-0.3, -0.25) is 0 Å². The van der Waals surface area contributed by atoms with Crippen molar-refractivity contribution in [3.05, 3.63) is 285 Å². The van der Waals surface area contributed by atoms with E-state index in [1.807, 2.05) is 0 Å². The summed E-state index contributed by atoms with van der Waals surface area (Å²) in [7, 11) is 0. The molecule has 0 aliphatic rings. The van der Waals surface area contributed by atoms with Crippen molar-refractivity contribution in [2.75, 3.05) is 9.80 Å². The average Bonchev–Trinajstić information content (AvgIpc) is 3.78. The molecule has 1 aromatic heterocycles. The topological polar surface area (TPSA) is 11.4 Å². The second-order valence-corrected chi connectivity index (χ2v) is 18.2. The summed E-state index contributed by atoms with van der Waals surface area (Å²) in [4.78, 5) is 4.83. The Hall–Kier alpha value is -9.44. The van der Waals surface area contributed by atoms with Crippen LogP contribution in [-0.4, -0.2) is 4.57 Å². The summed E-state index contributed by atoms with van der Waals surface area (Å²) in [6.07, 6.45) is 0. The maximum absolute atomic E-state index is 2.42. The molecule has 0 fully saturated rings. The molecule has 1 heterocycles. The first-order valence-electron chi connectivity index (χ1n) is 24.3. The summed E-state index contributed by atoms with van der Waals surface area (Å²) in [6.45, 7) is 0. The lowest BCUT2D eigenvalue weighted by molar-refractivity contribution is 1.18. The smallest absolute Gasteiger partial charge is 0.0561 e. The van der Waals surface area contributed by atoms with E-state index in [4.69, 9.17) is 0 Å². The minimum atomic E-state index is 1.04. The standard InChI is InChI=1S/C68H47N3/c1-5-19-48(20-6-1)49-33-35-50(36-34-49)51-37-39-57(40-38-51)69(54-22-7-2-8-23-54)59-43-53(66-45-52-21-13-14-28-61(52)62-29-15-16-30-63(62)66)44-60(46-59)70(55-24-9-3-10-25-55)58-41-42-65-64-31-17-18-32-67(64)71(68(65)47-58)56-26-11-4-12-27-56/h1-47H. The monoisotopic (exact) mass is 905 g/mol. The van der Waals surface area contributed by atoms with Crippen LogP contribution in [0.3, 0.4) is 0 Å². The van der Waals surface area contributed by atoms with Gasteiger partial charge in [0.05, 0.1) is 11.0 Å². The van der Waals surface area contributed by atoms with E-state index in [1.165, 1.54) is 60.1 Å². The van der Waals surface area contributed by atoms with Gasteiger partial charge in [0.25, 0.3) is 0 Å². The fraction of sp³-hybridized carbons (Fsp3) is 0. The van der Waals surface area contributed by atoms with Gasteiger partial charge in [-0.25, -0.2) is 0 Å². The molecule has 0 aliphatic carbocycles. The third kappa shape index (κ3) is 7.67. The first-order valence-corrected chi connectivity index (χ1v) is 24.3. The number of aromatic nitrogens is 1. The van der Waals surface area contributed by atoms with Crippen molar-refractivity contribution < 1.29 is 0 Å². The number of fused-ring (bicyclic) bond motifs is 6. The number of nitrogens with zero attached hydrogens (tertiary/aromatic N) is 3. The Balaban J connectivity index is 1.03. The quantitative estimate of drug-likeness (QED) is 0.127. The molecular weight excluding hydrogens is 859 g/mol. The van der Waals surface area contributed by atoms with E-state index in [0.717, 1.165) is 56.5 Å². The third-order valence-electron chi connectivity index (χ3n) is 13.9. The summed E-state index contributed by atoms with van der Waals surface area (Å²) in [6, 6.07) is 104. The zero-order chi connectivity index (χ0) is 47.1. The molecule has 13 rings (SSSR count). The Bertz CT molecular complexity index is 4010. The first kappa shape index (κ1) is 41.7. The van der Waals surface area contributed by atoms with Gasteiger partial charge in [0, 0.05) is 50.6 Å². The fourth-order valence-electron chi connectivity index (χ4n) is 10.6. The predicted octanol–water partition coefficient (Wildman–Crippen LogP) is 19.0. The van der Waals surface area contributed by atoms with Gasteiger partial charge in [-0.1, -0.05) is 194 Å².